The van der Waals surface area contributed by atoms with Crippen molar-refractivity contribution in [2.45, 2.75) is 19.9 Å². The van der Waals surface area contributed by atoms with Crippen molar-refractivity contribution >= 4 is 23.4 Å². The quantitative estimate of drug-likeness (QED) is 0.670. The number of hydrazine groups is 1. The molecule has 0 saturated heterocycles. The number of benzene rings is 1. The van der Waals surface area contributed by atoms with E-state index in [-0.39, 0.29) is 6.04 Å². The molecule has 0 spiro atoms. The van der Waals surface area contributed by atoms with Gasteiger partial charge in [-0.1, -0.05) is 29.8 Å². The van der Waals surface area contributed by atoms with Crippen LogP contribution >= 0.6 is 11.6 Å². The van der Waals surface area contributed by atoms with Gasteiger partial charge in [-0.2, -0.15) is 4.98 Å². The van der Waals surface area contributed by atoms with Crippen LogP contribution in [0.3, 0.4) is 0 Å². The van der Waals surface area contributed by atoms with Crippen LogP contribution < -0.4 is 16.2 Å². The van der Waals surface area contributed by atoms with Crippen LogP contribution in [-0.4, -0.2) is 17.0 Å². The molecule has 20 heavy (non-hydrogen) atoms. The van der Waals surface area contributed by atoms with Gasteiger partial charge in [0.15, 0.2) is 0 Å². The van der Waals surface area contributed by atoms with Gasteiger partial charge in [-0.3, -0.25) is 5.43 Å². The highest BCUT2D eigenvalue weighted by Crippen LogP contribution is 2.29. The Bertz CT molecular complexity index is 602. The van der Waals surface area contributed by atoms with Crippen molar-refractivity contribution in [2.24, 2.45) is 5.84 Å². The molecule has 1 unspecified atom stereocenters. The SMILES string of the molecule is Cc1cc(N(C)C(C)c2ccccc2Cl)nc(NN)n1. The molecule has 0 aliphatic rings. The first-order valence-electron chi connectivity index (χ1n) is 6.32. The highest BCUT2D eigenvalue weighted by atomic mass is 35.5. The van der Waals surface area contributed by atoms with Crippen LogP contribution in [0.25, 0.3) is 0 Å². The van der Waals surface area contributed by atoms with Crippen LogP contribution in [-0.2, 0) is 0 Å². The number of nitrogens with one attached hydrogen (secondary N) is 1. The molecule has 0 saturated carbocycles. The van der Waals surface area contributed by atoms with E-state index in [1.165, 1.54) is 0 Å². The number of anilines is 2. The first-order valence-corrected chi connectivity index (χ1v) is 6.70. The first kappa shape index (κ1) is 14.6. The number of nitrogens with zero attached hydrogens (tertiary/aromatic N) is 3. The van der Waals surface area contributed by atoms with Crippen molar-refractivity contribution < 1.29 is 0 Å². The van der Waals surface area contributed by atoms with E-state index < -0.39 is 0 Å². The maximum absolute atomic E-state index is 6.25. The third-order valence-corrected chi connectivity index (χ3v) is 3.61. The molecule has 3 N–H and O–H groups in total. The van der Waals surface area contributed by atoms with Crippen molar-refractivity contribution in [3.8, 4) is 0 Å². The van der Waals surface area contributed by atoms with Crippen LogP contribution in [0.1, 0.15) is 24.2 Å². The molecule has 6 heteroatoms. The Morgan fingerprint density at radius 2 is 2.00 bits per heavy atom. The fraction of sp³-hybridized carbons (Fsp3) is 0.286. The van der Waals surface area contributed by atoms with Crippen molar-refractivity contribution in [3.05, 3.63) is 46.6 Å². The lowest BCUT2D eigenvalue weighted by Gasteiger charge is -2.27. The van der Waals surface area contributed by atoms with E-state index in [1.807, 2.05) is 49.2 Å². The van der Waals surface area contributed by atoms with Crippen molar-refractivity contribution in [1.82, 2.24) is 9.97 Å². The lowest BCUT2D eigenvalue weighted by molar-refractivity contribution is 0.727. The molecule has 2 aromatic rings. The lowest BCUT2D eigenvalue weighted by Crippen LogP contribution is -2.24. The van der Waals surface area contributed by atoms with E-state index in [1.54, 1.807) is 0 Å². The Morgan fingerprint density at radius 1 is 1.30 bits per heavy atom. The molecular formula is C14H18ClN5. The molecule has 1 atom stereocenters. The van der Waals surface area contributed by atoms with Gasteiger partial charge in [0.1, 0.15) is 5.82 Å². The summed E-state index contributed by atoms with van der Waals surface area (Å²) in [6, 6.07) is 9.80. The van der Waals surface area contributed by atoms with Gasteiger partial charge in [0.05, 0.1) is 6.04 Å². The third kappa shape index (κ3) is 3.00. The van der Waals surface area contributed by atoms with Crippen LogP contribution in [0.15, 0.2) is 30.3 Å². The van der Waals surface area contributed by atoms with Crippen LogP contribution in [0, 0.1) is 6.92 Å². The van der Waals surface area contributed by atoms with E-state index in [2.05, 4.69) is 22.3 Å². The van der Waals surface area contributed by atoms with E-state index in [0.717, 1.165) is 22.1 Å². The Hall–Kier alpha value is -1.85. The summed E-state index contributed by atoms with van der Waals surface area (Å²) in [4.78, 5) is 10.6. The first-order chi connectivity index (χ1) is 9.52. The average Bonchev–Trinajstić information content (AvgIpc) is 2.45. The molecule has 5 nitrogen and oxygen atoms in total. The number of nitrogen functional groups attached to an aromatic ring is 1. The maximum atomic E-state index is 6.25. The zero-order valence-electron chi connectivity index (χ0n) is 11.8. The molecule has 0 radical (unpaired) electrons. The molecular weight excluding hydrogens is 274 g/mol. The molecule has 1 heterocycles. The van der Waals surface area contributed by atoms with Gasteiger partial charge in [0.2, 0.25) is 5.95 Å². The van der Waals surface area contributed by atoms with Crippen LogP contribution in [0.4, 0.5) is 11.8 Å². The van der Waals surface area contributed by atoms with Crippen LogP contribution in [0.5, 0.6) is 0 Å². The van der Waals surface area contributed by atoms with E-state index in [0.29, 0.717) is 5.95 Å². The molecule has 0 aliphatic heterocycles. The number of nitrogens with two attached hydrogens (primary N) is 1. The lowest BCUT2D eigenvalue weighted by atomic mass is 10.1. The Morgan fingerprint density at radius 3 is 2.65 bits per heavy atom. The second kappa shape index (κ2) is 6.07. The fourth-order valence-electron chi connectivity index (χ4n) is 2.02. The number of hydrogen-bond donors (Lipinski definition) is 2. The summed E-state index contributed by atoms with van der Waals surface area (Å²) in [7, 11) is 1.97. The number of aryl methyl sites for hydroxylation is 1. The molecule has 1 aromatic heterocycles. The highest BCUT2D eigenvalue weighted by Gasteiger charge is 2.16. The van der Waals surface area contributed by atoms with Crippen molar-refractivity contribution in [2.75, 3.05) is 17.4 Å². The van der Waals surface area contributed by atoms with Gasteiger partial charge in [-0.25, -0.2) is 10.8 Å². The van der Waals surface area contributed by atoms with Crippen molar-refractivity contribution in [3.63, 3.8) is 0 Å². The third-order valence-electron chi connectivity index (χ3n) is 3.27. The number of rotatable bonds is 4. The Labute approximate surface area is 123 Å². The molecule has 106 valence electrons. The summed E-state index contributed by atoms with van der Waals surface area (Å²) in [5.41, 5.74) is 4.38. The molecule has 2 rings (SSSR count). The summed E-state index contributed by atoms with van der Waals surface area (Å²) < 4.78 is 0. The minimum Gasteiger partial charge on any atom is -0.353 e. The average molecular weight is 292 g/mol. The minimum atomic E-state index is 0.0867. The molecule has 0 amide bonds. The smallest absolute Gasteiger partial charge is 0.239 e. The largest absolute Gasteiger partial charge is 0.353 e. The highest BCUT2D eigenvalue weighted by molar-refractivity contribution is 6.31. The number of aromatic nitrogens is 2. The van der Waals surface area contributed by atoms with E-state index >= 15 is 0 Å². The van der Waals surface area contributed by atoms with Crippen LogP contribution in [0.2, 0.25) is 5.02 Å². The van der Waals surface area contributed by atoms with Gasteiger partial charge >= 0.3 is 0 Å². The maximum Gasteiger partial charge on any atom is 0.239 e. The summed E-state index contributed by atoms with van der Waals surface area (Å²) >= 11 is 6.25. The second-order valence-corrected chi connectivity index (χ2v) is 5.05. The normalized spacial score (nSPS) is 12.1. The summed E-state index contributed by atoms with van der Waals surface area (Å²) in [5, 5.41) is 0.745. The van der Waals surface area contributed by atoms with Gasteiger partial charge in [0.25, 0.3) is 0 Å². The molecule has 0 aliphatic carbocycles. The van der Waals surface area contributed by atoms with E-state index in [4.69, 9.17) is 17.4 Å². The van der Waals surface area contributed by atoms with Gasteiger partial charge < -0.3 is 4.90 Å². The summed E-state index contributed by atoms with van der Waals surface area (Å²) in [6.07, 6.45) is 0. The monoisotopic (exact) mass is 291 g/mol. The molecule has 0 fully saturated rings. The summed E-state index contributed by atoms with van der Waals surface area (Å²) in [5.74, 6) is 6.58. The van der Waals surface area contributed by atoms with E-state index in [9.17, 15) is 0 Å². The zero-order chi connectivity index (χ0) is 14.7. The predicted molar refractivity (Wildman–Crippen MR) is 82.8 cm³/mol. The number of hydrogen-bond acceptors (Lipinski definition) is 5. The Kier molecular flexibility index (Phi) is 4.42. The zero-order valence-corrected chi connectivity index (χ0v) is 12.5. The van der Waals surface area contributed by atoms with Crippen molar-refractivity contribution in [1.29, 1.82) is 0 Å². The Balaban J connectivity index is 2.33. The molecule has 1 aromatic carbocycles. The molecule has 0 bridgehead atoms. The summed E-state index contributed by atoms with van der Waals surface area (Å²) in [6.45, 7) is 3.98. The van der Waals surface area contributed by atoms with Gasteiger partial charge in [0, 0.05) is 23.8 Å². The standard InChI is InChI=1S/C14H18ClN5/c1-9-8-13(18-14(17-9)19-16)20(3)10(2)11-6-4-5-7-12(11)15/h4-8,10H,16H2,1-3H3,(H,17,18,19). The topological polar surface area (TPSA) is 67.1 Å². The number of halogens is 1. The minimum absolute atomic E-state index is 0.0867. The van der Waals surface area contributed by atoms with Gasteiger partial charge in [-0.15, -0.1) is 0 Å². The van der Waals surface area contributed by atoms with Gasteiger partial charge in [-0.05, 0) is 25.5 Å². The fourth-order valence-corrected chi connectivity index (χ4v) is 2.31. The second-order valence-electron chi connectivity index (χ2n) is 4.64. The predicted octanol–water partition coefficient (Wildman–Crippen LogP) is 2.92.